The van der Waals surface area contributed by atoms with Crippen molar-refractivity contribution in [3.8, 4) is 0 Å². The minimum Gasteiger partial charge on any atom is -0.378 e. The predicted octanol–water partition coefficient (Wildman–Crippen LogP) is 4.80. The van der Waals surface area contributed by atoms with Crippen LogP contribution in [0.1, 0.15) is 44.1 Å². The van der Waals surface area contributed by atoms with Crippen molar-refractivity contribution in [3.05, 3.63) is 42.5 Å². The van der Waals surface area contributed by atoms with E-state index in [1.165, 1.54) is 11.4 Å². The highest BCUT2D eigenvalue weighted by Crippen LogP contribution is 2.31. The molecule has 0 aromatic heterocycles. The number of likely N-dealkylation sites (N-methyl/N-ethyl adjacent to an activating group) is 1. The van der Waals surface area contributed by atoms with Crippen molar-refractivity contribution in [2.45, 2.75) is 55.7 Å². The molecular formula is C23H35F3N2O3S. The molecule has 1 fully saturated rings. The summed E-state index contributed by atoms with van der Waals surface area (Å²) in [5, 5.41) is 0. The first-order chi connectivity index (χ1) is 15.0. The van der Waals surface area contributed by atoms with Gasteiger partial charge >= 0.3 is 6.18 Å². The van der Waals surface area contributed by atoms with Crippen molar-refractivity contribution in [2.75, 3.05) is 40.3 Å². The number of halogens is 3. The number of nitrogens with zero attached hydrogens (tertiary/aromatic N) is 2. The first kappa shape index (κ1) is 26.8. The van der Waals surface area contributed by atoms with E-state index in [0.29, 0.717) is 6.54 Å². The summed E-state index contributed by atoms with van der Waals surface area (Å²) in [6, 6.07) is 3.66. The summed E-state index contributed by atoms with van der Waals surface area (Å²) in [5.41, 5.74) is -0.860. The third-order valence-electron chi connectivity index (χ3n) is 5.93. The third-order valence-corrected chi connectivity index (χ3v) is 7.76. The Hall–Kier alpha value is -1.42. The van der Waals surface area contributed by atoms with E-state index in [1.807, 2.05) is 6.08 Å². The van der Waals surface area contributed by atoms with Gasteiger partial charge in [-0.1, -0.05) is 6.08 Å². The van der Waals surface area contributed by atoms with Gasteiger partial charge in [0.25, 0.3) is 0 Å². The lowest BCUT2D eigenvalue weighted by Gasteiger charge is -2.31. The van der Waals surface area contributed by atoms with E-state index >= 15 is 0 Å². The van der Waals surface area contributed by atoms with Crippen LogP contribution in [0.4, 0.5) is 13.2 Å². The highest BCUT2D eigenvalue weighted by Gasteiger charge is 2.32. The molecule has 1 aliphatic carbocycles. The zero-order chi connectivity index (χ0) is 23.8. The molecule has 1 aliphatic rings. The fourth-order valence-electron chi connectivity index (χ4n) is 3.98. The van der Waals surface area contributed by atoms with Gasteiger partial charge < -0.3 is 9.64 Å². The van der Waals surface area contributed by atoms with Crippen LogP contribution in [0, 0.1) is 5.92 Å². The maximum Gasteiger partial charge on any atom is 0.416 e. The van der Waals surface area contributed by atoms with Crippen LogP contribution in [-0.4, -0.2) is 64.1 Å². The van der Waals surface area contributed by atoms with Crippen molar-refractivity contribution < 1.29 is 26.3 Å². The standard InChI is InChI=1S/C23H35F3N2O3S/c1-4-15-27(2)16-5-6-17-31-21-11-7-19(8-12-21)18-28(3)32(29,30)22-13-9-20(10-14-22)23(24,25)26/h4,9-10,13-14,19,21H,1,5-8,11-12,15-18H2,2-3H3. The summed E-state index contributed by atoms with van der Waals surface area (Å²) in [7, 11) is -0.268. The molecule has 182 valence electrons. The van der Waals surface area contributed by atoms with Crippen molar-refractivity contribution in [2.24, 2.45) is 5.92 Å². The SMILES string of the molecule is C=CCN(C)CCCCOC1CCC(CN(C)S(=O)(=O)c2ccc(C(F)(F)F)cc2)CC1. The summed E-state index contributed by atoms with van der Waals surface area (Å²) in [5.74, 6) is 0.219. The Kier molecular flexibility index (Phi) is 10.2. The minimum atomic E-state index is -4.49. The first-order valence-corrected chi connectivity index (χ1v) is 12.5. The average Bonchev–Trinajstić information content (AvgIpc) is 2.74. The number of hydrogen-bond acceptors (Lipinski definition) is 4. The maximum atomic E-state index is 12.7. The zero-order valence-corrected chi connectivity index (χ0v) is 19.8. The average molecular weight is 477 g/mol. The molecule has 9 heteroatoms. The summed E-state index contributed by atoms with van der Waals surface area (Å²) in [6.45, 7) is 6.72. The highest BCUT2D eigenvalue weighted by atomic mass is 32.2. The number of hydrogen-bond donors (Lipinski definition) is 0. The predicted molar refractivity (Wildman–Crippen MR) is 120 cm³/mol. The van der Waals surface area contributed by atoms with Crippen LogP contribution in [-0.2, 0) is 20.9 Å². The summed E-state index contributed by atoms with van der Waals surface area (Å²) in [6.07, 6.45) is 3.25. The summed E-state index contributed by atoms with van der Waals surface area (Å²) >= 11 is 0. The molecule has 0 aliphatic heterocycles. The molecule has 0 saturated heterocycles. The van der Waals surface area contributed by atoms with Crippen molar-refractivity contribution in [1.82, 2.24) is 9.21 Å². The van der Waals surface area contributed by atoms with Gasteiger partial charge in [0.2, 0.25) is 10.0 Å². The second-order valence-electron chi connectivity index (χ2n) is 8.58. The molecule has 32 heavy (non-hydrogen) atoms. The van der Waals surface area contributed by atoms with Gasteiger partial charge in [-0.05, 0) is 82.3 Å². The normalized spacial score (nSPS) is 20.1. The second-order valence-corrected chi connectivity index (χ2v) is 10.6. The fraction of sp³-hybridized carbons (Fsp3) is 0.652. The Bertz CT molecular complexity index is 805. The number of alkyl halides is 3. The Labute approximate surface area is 190 Å². The Morgan fingerprint density at radius 3 is 2.28 bits per heavy atom. The molecule has 2 rings (SSSR count). The van der Waals surface area contributed by atoms with Crippen molar-refractivity contribution in [1.29, 1.82) is 0 Å². The van der Waals surface area contributed by atoms with Gasteiger partial charge in [0.05, 0.1) is 16.6 Å². The highest BCUT2D eigenvalue weighted by molar-refractivity contribution is 7.89. The largest absolute Gasteiger partial charge is 0.416 e. The van der Waals surface area contributed by atoms with E-state index < -0.39 is 21.8 Å². The van der Waals surface area contributed by atoms with Crippen LogP contribution < -0.4 is 0 Å². The van der Waals surface area contributed by atoms with E-state index in [2.05, 4.69) is 18.5 Å². The summed E-state index contributed by atoms with van der Waals surface area (Å²) < 4.78 is 70.9. The van der Waals surface area contributed by atoms with Gasteiger partial charge in [-0.3, -0.25) is 0 Å². The molecule has 0 N–H and O–H groups in total. The first-order valence-electron chi connectivity index (χ1n) is 11.1. The number of unbranched alkanes of at least 4 members (excludes halogenated alkanes) is 1. The van der Waals surface area contributed by atoms with Gasteiger partial charge in [-0.25, -0.2) is 12.7 Å². The monoisotopic (exact) mass is 476 g/mol. The van der Waals surface area contributed by atoms with Crippen molar-refractivity contribution >= 4 is 10.0 Å². The number of ether oxygens (including phenoxy) is 1. The molecule has 0 atom stereocenters. The molecule has 0 radical (unpaired) electrons. The summed E-state index contributed by atoms with van der Waals surface area (Å²) in [4.78, 5) is 2.09. The van der Waals surface area contributed by atoms with Crippen LogP contribution in [0.3, 0.4) is 0 Å². The number of benzene rings is 1. The molecule has 0 spiro atoms. The number of sulfonamides is 1. The van der Waals surface area contributed by atoms with Gasteiger partial charge in [0.1, 0.15) is 0 Å². The molecule has 5 nitrogen and oxygen atoms in total. The van der Waals surface area contributed by atoms with Crippen LogP contribution in [0.5, 0.6) is 0 Å². The van der Waals surface area contributed by atoms with Gasteiger partial charge in [-0.2, -0.15) is 13.2 Å². The quantitative estimate of drug-likeness (QED) is 0.321. The van der Waals surface area contributed by atoms with Crippen LogP contribution in [0.15, 0.2) is 41.8 Å². The molecule has 0 unspecified atom stereocenters. The van der Waals surface area contributed by atoms with E-state index in [4.69, 9.17) is 4.74 Å². The molecule has 1 aromatic rings. The van der Waals surface area contributed by atoms with Crippen LogP contribution >= 0.6 is 0 Å². The number of rotatable bonds is 12. The second kappa shape index (κ2) is 12.2. The molecule has 0 bridgehead atoms. The lowest BCUT2D eigenvalue weighted by atomic mass is 9.87. The van der Waals surface area contributed by atoms with E-state index in [9.17, 15) is 21.6 Å². The molecular weight excluding hydrogens is 441 g/mol. The van der Waals surface area contributed by atoms with Crippen molar-refractivity contribution in [3.63, 3.8) is 0 Å². The topological polar surface area (TPSA) is 49.9 Å². The van der Waals surface area contributed by atoms with E-state index in [-0.39, 0.29) is 16.9 Å². The smallest absolute Gasteiger partial charge is 0.378 e. The van der Waals surface area contributed by atoms with E-state index in [0.717, 1.165) is 82.5 Å². The Morgan fingerprint density at radius 2 is 1.72 bits per heavy atom. The lowest BCUT2D eigenvalue weighted by molar-refractivity contribution is -0.137. The van der Waals surface area contributed by atoms with Crippen LogP contribution in [0.25, 0.3) is 0 Å². The Morgan fingerprint density at radius 1 is 1.09 bits per heavy atom. The third kappa shape index (κ3) is 8.17. The minimum absolute atomic E-state index is 0.122. The zero-order valence-electron chi connectivity index (χ0n) is 19.0. The van der Waals surface area contributed by atoms with Crippen LogP contribution in [0.2, 0.25) is 0 Å². The molecule has 1 aromatic carbocycles. The molecule has 0 heterocycles. The molecule has 0 amide bonds. The van der Waals surface area contributed by atoms with Gasteiger partial charge in [-0.15, -0.1) is 6.58 Å². The van der Waals surface area contributed by atoms with Gasteiger partial charge in [0, 0.05) is 26.7 Å². The van der Waals surface area contributed by atoms with E-state index in [1.54, 1.807) is 0 Å². The lowest BCUT2D eigenvalue weighted by Crippen LogP contribution is -2.34. The Balaban J connectivity index is 1.73. The maximum absolute atomic E-state index is 12.7. The fourth-order valence-corrected chi connectivity index (χ4v) is 5.23. The molecule has 1 saturated carbocycles. The van der Waals surface area contributed by atoms with Gasteiger partial charge in [0.15, 0.2) is 0 Å².